The van der Waals surface area contributed by atoms with Crippen molar-refractivity contribution in [3.8, 4) is 0 Å². The molecule has 0 aliphatic rings. The highest BCUT2D eigenvalue weighted by molar-refractivity contribution is 5.14. The van der Waals surface area contributed by atoms with Gasteiger partial charge in [0.1, 0.15) is 0 Å². The molecule has 0 radical (unpaired) electrons. The summed E-state index contributed by atoms with van der Waals surface area (Å²) in [5, 5.41) is 3.57. The Bertz CT molecular complexity index is 286. The zero-order chi connectivity index (χ0) is 12.5. The summed E-state index contributed by atoms with van der Waals surface area (Å²) in [6.45, 7) is 5.39. The van der Waals surface area contributed by atoms with Crippen LogP contribution in [0.1, 0.15) is 32.3 Å². The Balaban J connectivity index is 2.43. The second-order valence-electron chi connectivity index (χ2n) is 4.53. The van der Waals surface area contributed by atoms with Gasteiger partial charge in [0.25, 0.3) is 0 Å². The van der Waals surface area contributed by atoms with E-state index in [2.05, 4.69) is 49.5 Å². The van der Waals surface area contributed by atoms with E-state index in [4.69, 9.17) is 4.74 Å². The molecule has 0 saturated carbocycles. The Morgan fingerprint density at radius 1 is 1.24 bits per heavy atom. The van der Waals surface area contributed by atoms with Crippen molar-refractivity contribution in [1.29, 1.82) is 0 Å². The summed E-state index contributed by atoms with van der Waals surface area (Å²) in [5.74, 6) is 0. The first kappa shape index (κ1) is 14.2. The minimum absolute atomic E-state index is 0.269. The molecular weight excluding hydrogens is 210 g/mol. The molecule has 0 fully saturated rings. The Kier molecular flexibility index (Phi) is 6.90. The molecule has 2 heteroatoms. The van der Waals surface area contributed by atoms with Gasteiger partial charge in [-0.1, -0.05) is 37.3 Å². The maximum atomic E-state index is 5.44. The Morgan fingerprint density at radius 2 is 1.94 bits per heavy atom. The van der Waals surface area contributed by atoms with Crippen LogP contribution < -0.4 is 5.32 Å². The fourth-order valence-corrected chi connectivity index (χ4v) is 1.96. The summed E-state index contributed by atoms with van der Waals surface area (Å²) in [4.78, 5) is 0. The summed E-state index contributed by atoms with van der Waals surface area (Å²) in [7, 11) is 1.79. The number of methoxy groups -OCH3 is 1. The highest BCUT2D eigenvalue weighted by Crippen LogP contribution is 2.09. The van der Waals surface area contributed by atoms with E-state index in [0.717, 1.165) is 25.8 Å². The second kappa shape index (κ2) is 8.26. The van der Waals surface area contributed by atoms with Crippen molar-refractivity contribution in [3.63, 3.8) is 0 Å². The van der Waals surface area contributed by atoms with Gasteiger partial charge < -0.3 is 10.1 Å². The molecule has 2 atom stereocenters. The number of nitrogens with one attached hydrogen (secondary N) is 1. The van der Waals surface area contributed by atoms with Crippen LogP contribution in [0.5, 0.6) is 0 Å². The zero-order valence-electron chi connectivity index (χ0n) is 11.3. The van der Waals surface area contributed by atoms with Crippen molar-refractivity contribution < 1.29 is 4.74 Å². The molecule has 0 aromatic heterocycles. The first-order valence-electron chi connectivity index (χ1n) is 6.58. The molecule has 96 valence electrons. The average molecular weight is 235 g/mol. The van der Waals surface area contributed by atoms with Gasteiger partial charge >= 0.3 is 0 Å². The lowest BCUT2D eigenvalue weighted by molar-refractivity contribution is 0.0802. The van der Waals surface area contributed by atoms with Gasteiger partial charge in [-0.2, -0.15) is 0 Å². The summed E-state index contributed by atoms with van der Waals surface area (Å²) >= 11 is 0. The van der Waals surface area contributed by atoms with E-state index in [1.807, 2.05) is 0 Å². The topological polar surface area (TPSA) is 21.3 Å². The lowest BCUT2D eigenvalue weighted by Crippen LogP contribution is -2.40. The van der Waals surface area contributed by atoms with Crippen molar-refractivity contribution >= 4 is 0 Å². The molecule has 0 aliphatic heterocycles. The van der Waals surface area contributed by atoms with E-state index in [0.29, 0.717) is 6.04 Å². The third kappa shape index (κ3) is 5.33. The monoisotopic (exact) mass is 235 g/mol. The van der Waals surface area contributed by atoms with E-state index >= 15 is 0 Å². The average Bonchev–Trinajstić information content (AvgIpc) is 2.39. The molecule has 0 spiro atoms. The molecule has 17 heavy (non-hydrogen) atoms. The van der Waals surface area contributed by atoms with Gasteiger partial charge in [0.05, 0.1) is 6.10 Å². The standard InChI is InChI=1S/C15H25NO/c1-4-12-16-15(13(2)17-3)11-10-14-8-6-5-7-9-14/h5-9,13,15-16H,4,10-12H2,1-3H3. The summed E-state index contributed by atoms with van der Waals surface area (Å²) in [5.41, 5.74) is 1.40. The first-order chi connectivity index (χ1) is 8.27. The lowest BCUT2D eigenvalue weighted by atomic mass is 10.0. The van der Waals surface area contributed by atoms with Gasteiger partial charge in [-0.25, -0.2) is 0 Å². The van der Waals surface area contributed by atoms with E-state index in [1.54, 1.807) is 7.11 Å². The van der Waals surface area contributed by atoms with Crippen molar-refractivity contribution in [2.45, 2.75) is 45.3 Å². The molecule has 1 aromatic carbocycles. The second-order valence-corrected chi connectivity index (χ2v) is 4.53. The Labute approximate surface area is 105 Å². The molecular formula is C15H25NO. The molecule has 1 N–H and O–H groups in total. The fourth-order valence-electron chi connectivity index (χ4n) is 1.96. The van der Waals surface area contributed by atoms with Gasteiger partial charge in [-0.3, -0.25) is 0 Å². The van der Waals surface area contributed by atoms with Crippen LogP contribution in [0.4, 0.5) is 0 Å². The maximum absolute atomic E-state index is 5.44. The van der Waals surface area contributed by atoms with Crippen LogP contribution in [0.2, 0.25) is 0 Å². The van der Waals surface area contributed by atoms with Crippen molar-refractivity contribution in [3.05, 3.63) is 35.9 Å². The summed E-state index contributed by atoms with van der Waals surface area (Å²) in [6.07, 6.45) is 3.66. The van der Waals surface area contributed by atoms with Crippen LogP contribution >= 0.6 is 0 Å². The van der Waals surface area contributed by atoms with E-state index in [1.165, 1.54) is 5.56 Å². The molecule has 0 heterocycles. The molecule has 0 amide bonds. The zero-order valence-corrected chi connectivity index (χ0v) is 11.3. The van der Waals surface area contributed by atoms with Crippen LogP contribution in [-0.2, 0) is 11.2 Å². The maximum Gasteiger partial charge on any atom is 0.0696 e. The van der Waals surface area contributed by atoms with Gasteiger partial charge in [-0.05, 0) is 38.3 Å². The van der Waals surface area contributed by atoms with Crippen LogP contribution in [-0.4, -0.2) is 25.8 Å². The molecule has 0 bridgehead atoms. The predicted octanol–water partition coefficient (Wildman–Crippen LogP) is 3.02. The summed E-state index contributed by atoms with van der Waals surface area (Å²) < 4.78 is 5.44. The molecule has 2 unspecified atom stereocenters. The molecule has 0 aliphatic carbocycles. The van der Waals surface area contributed by atoms with Gasteiger partial charge in [0.15, 0.2) is 0 Å². The minimum atomic E-state index is 0.269. The van der Waals surface area contributed by atoms with Crippen molar-refractivity contribution in [2.75, 3.05) is 13.7 Å². The van der Waals surface area contributed by atoms with E-state index in [9.17, 15) is 0 Å². The fraction of sp³-hybridized carbons (Fsp3) is 0.600. The van der Waals surface area contributed by atoms with Crippen LogP contribution in [0, 0.1) is 0 Å². The molecule has 0 saturated heterocycles. The number of benzene rings is 1. The summed E-state index contributed by atoms with van der Waals surface area (Å²) in [6, 6.07) is 11.1. The lowest BCUT2D eigenvalue weighted by Gasteiger charge is -2.24. The highest BCUT2D eigenvalue weighted by Gasteiger charge is 2.15. The smallest absolute Gasteiger partial charge is 0.0696 e. The number of rotatable bonds is 8. The van der Waals surface area contributed by atoms with E-state index in [-0.39, 0.29) is 6.10 Å². The normalized spacial score (nSPS) is 14.5. The molecule has 1 aromatic rings. The van der Waals surface area contributed by atoms with Crippen molar-refractivity contribution in [2.24, 2.45) is 0 Å². The highest BCUT2D eigenvalue weighted by atomic mass is 16.5. The van der Waals surface area contributed by atoms with Crippen molar-refractivity contribution in [1.82, 2.24) is 5.32 Å². The van der Waals surface area contributed by atoms with Crippen LogP contribution in [0.3, 0.4) is 0 Å². The quantitative estimate of drug-likeness (QED) is 0.748. The number of ether oxygens (including phenoxy) is 1. The Morgan fingerprint density at radius 3 is 2.53 bits per heavy atom. The molecule has 1 rings (SSSR count). The number of hydrogen-bond acceptors (Lipinski definition) is 2. The number of hydrogen-bond donors (Lipinski definition) is 1. The van der Waals surface area contributed by atoms with Gasteiger partial charge in [0, 0.05) is 13.2 Å². The third-order valence-electron chi connectivity index (χ3n) is 3.18. The number of aryl methyl sites for hydroxylation is 1. The largest absolute Gasteiger partial charge is 0.380 e. The molecule has 2 nitrogen and oxygen atoms in total. The SMILES string of the molecule is CCCNC(CCc1ccccc1)C(C)OC. The van der Waals surface area contributed by atoms with Gasteiger partial charge in [-0.15, -0.1) is 0 Å². The van der Waals surface area contributed by atoms with Gasteiger partial charge in [0.2, 0.25) is 0 Å². The third-order valence-corrected chi connectivity index (χ3v) is 3.18. The van der Waals surface area contributed by atoms with E-state index < -0.39 is 0 Å². The van der Waals surface area contributed by atoms with Crippen LogP contribution in [0.15, 0.2) is 30.3 Å². The predicted molar refractivity (Wildman–Crippen MR) is 73.3 cm³/mol. The first-order valence-corrected chi connectivity index (χ1v) is 6.58. The van der Waals surface area contributed by atoms with Crippen LogP contribution in [0.25, 0.3) is 0 Å². The minimum Gasteiger partial charge on any atom is -0.380 e. The Hall–Kier alpha value is -0.860.